The second kappa shape index (κ2) is 19.1. The molecule has 1 atom stereocenters. The maximum Gasteiger partial charge on any atom is 0.362 e. The van der Waals surface area contributed by atoms with Gasteiger partial charge in [0, 0.05) is 0 Å². The van der Waals surface area contributed by atoms with Crippen molar-refractivity contribution in [3.63, 3.8) is 0 Å². The van der Waals surface area contributed by atoms with E-state index >= 15 is 0 Å². The highest BCUT2D eigenvalue weighted by Gasteiger charge is 2.48. The molecule has 0 saturated heterocycles. The Morgan fingerprint density at radius 3 is 1.39 bits per heavy atom. The average Bonchev–Trinajstić information content (AvgIpc) is 2.70. The molecule has 198 valence electrons. The lowest BCUT2D eigenvalue weighted by Crippen LogP contribution is -2.49. The van der Waals surface area contributed by atoms with Crippen molar-refractivity contribution < 1.29 is 23.9 Å². The molecule has 0 aliphatic heterocycles. The molecule has 0 bridgehead atoms. The smallest absolute Gasteiger partial charge is 0.362 e. The molecule has 1 unspecified atom stereocenters. The third-order valence-electron chi connectivity index (χ3n) is 6.36. The number of aliphatic hydroxyl groups is 1. The van der Waals surface area contributed by atoms with Crippen LogP contribution in [-0.2, 0) is 4.57 Å². The topological polar surface area (TPSA) is 77.8 Å². The van der Waals surface area contributed by atoms with Crippen molar-refractivity contribution in [1.82, 2.24) is 0 Å². The van der Waals surface area contributed by atoms with Crippen molar-refractivity contribution >= 4 is 7.60 Å². The molecule has 0 fully saturated rings. The third-order valence-corrected chi connectivity index (χ3v) is 7.81. The summed E-state index contributed by atoms with van der Waals surface area (Å²) >= 11 is 0. The van der Waals surface area contributed by atoms with Gasteiger partial charge in [-0.25, -0.2) is 0 Å². The molecule has 0 saturated carbocycles. The first-order valence-corrected chi connectivity index (χ1v) is 15.4. The zero-order valence-corrected chi connectivity index (χ0v) is 23.3. The van der Waals surface area contributed by atoms with Crippen LogP contribution in [0.5, 0.6) is 0 Å². The minimum Gasteiger partial charge on any atom is -0.373 e. The van der Waals surface area contributed by atoms with Gasteiger partial charge >= 0.3 is 7.60 Å². The fraction of sp³-hybridized carbons (Fsp3) is 0.926. The summed E-state index contributed by atoms with van der Waals surface area (Å²) < 4.78 is 12.1. The highest BCUT2D eigenvalue weighted by molar-refractivity contribution is 7.53. The molecule has 0 radical (unpaired) electrons. The van der Waals surface area contributed by atoms with Crippen LogP contribution in [0, 0.1) is 0 Å². The van der Waals surface area contributed by atoms with Gasteiger partial charge in [-0.3, -0.25) is 4.57 Å². The summed E-state index contributed by atoms with van der Waals surface area (Å²) in [6, 6.07) is 0. The number of rotatable bonds is 23. The van der Waals surface area contributed by atoms with Crippen LogP contribution in [0.4, 0.5) is 0 Å². The molecule has 0 heterocycles. The zero-order valence-electron chi connectivity index (χ0n) is 22.4. The molecule has 0 spiro atoms. The van der Waals surface area contributed by atoms with Gasteiger partial charge in [0.2, 0.25) is 5.34 Å². The monoisotopic (exact) mass is 490 g/mol. The van der Waals surface area contributed by atoms with Gasteiger partial charge in [-0.05, 0) is 38.5 Å². The number of hydrogen-bond donors (Lipinski definition) is 3. The van der Waals surface area contributed by atoms with E-state index < -0.39 is 12.9 Å². The van der Waals surface area contributed by atoms with Gasteiger partial charge in [-0.15, -0.1) is 0 Å². The van der Waals surface area contributed by atoms with E-state index in [0.29, 0.717) is 10.9 Å². The summed E-state index contributed by atoms with van der Waals surface area (Å²) in [4.78, 5) is 19.2. The number of quaternary nitrogens is 1. The van der Waals surface area contributed by atoms with Gasteiger partial charge in [0.1, 0.15) is 6.54 Å². The van der Waals surface area contributed by atoms with Gasteiger partial charge < -0.3 is 19.4 Å². The van der Waals surface area contributed by atoms with Crippen molar-refractivity contribution in [3.8, 4) is 0 Å². The first kappa shape index (κ1) is 32.8. The van der Waals surface area contributed by atoms with E-state index in [1.165, 1.54) is 77.0 Å². The van der Waals surface area contributed by atoms with Crippen LogP contribution in [0.15, 0.2) is 12.2 Å². The van der Waals surface area contributed by atoms with Crippen molar-refractivity contribution in [1.29, 1.82) is 0 Å². The quantitative estimate of drug-likeness (QED) is 0.0598. The van der Waals surface area contributed by atoms with E-state index in [-0.39, 0.29) is 13.0 Å². The predicted molar refractivity (Wildman–Crippen MR) is 142 cm³/mol. The van der Waals surface area contributed by atoms with Gasteiger partial charge in [-0.2, -0.15) is 0 Å². The SMILES string of the molecule is CCCCCCCCCCCCC/C=C\CCCCCCCC(O)(C[N+](C)(C)C)P(=O)(O)O. The third kappa shape index (κ3) is 19.8. The largest absolute Gasteiger partial charge is 0.373 e. The number of hydrogen-bond acceptors (Lipinski definition) is 2. The Balaban J connectivity index is 3.58. The lowest BCUT2D eigenvalue weighted by Gasteiger charge is -2.35. The van der Waals surface area contributed by atoms with Gasteiger partial charge in [0.25, 0.3) is 0 Å². The van der Waals surface area contributed by atoms with Crippen LogP contribution in [0.2, 0.25) is 0 Å². The number of nitrogens with zero attached hydrogens (tertiary/aromatic N) is 1. The highest BCUT2D eigenvalue weighted by atomic mass is 31.2. The Hall–Kier alpha value is -0.190. The summed E-state index contributed by atoms with van der Waals surface area (Å²) in [7, 11) is 0.968. The molecule has 5 nitrogen and oxygen atoms in total. The Bertz CT molecular complexity index is 527. The molecule has 0 aromatic carbocycles. The van der Waals surface area contributed by atoms with Crippen LogP contribution >= 0.6 is 7.60 Å². The minimum absolute atomic E-state index is 0.0567. The standard InChI is InChI=1S/C27H56NO4P/c1-5-6-7-8-9-10-11-12-13-14-15-16-17-18-19-20-21-22-23-24-25-27(29,33(30,31)32)26-28(2,3)4/h17-18,29H,5-16,19-26H2,1-4H3,(H-,30,31,32)/p+1/b18-17-. The van der Waals surface area contributed by atoms with Gasteiger partial charge in [-0.1, -0.05) is 103 Å². The number of allylic oxidation sites excluding steroid dienone is 2. The van der Waals surface area contributed by atoms with Gasteiger partial charge in [0.15, 0.2) is 0 Å². The second-order valence-corrected chi connectivity index (χ2v) is 13.0. The molecule has 0 aromatic rings. The predicted octanol–water partition coefficient (Wildman–Crippen LogP) is 7.55. The number of unbranched alkanes of at least 4 members (excludes halogenated alkanes) is 16. The van der Waals surface area contributed by atoms with Crippen LogP contribution < -0.4 is 0 Å². The molecule has 0 aliphatic carbocycles. The first-order chi connectivity index (χ1) is 15.5. The van der Waals surface area contributed by atoms with Crippen molar-refractivity contribution in [3.05, 3.63) is 12.2 Å². The molecule has 0 rings (SSSR count). The minimum atomic E-state index is -4.55. The van der Waals surface area contributed by atoms with E-state index in [1.807, 2.05) is 21.1 Å². The van der Waals surface area contributed by atoms with Crippen molar-refractivity contribution in [2.45, 2.75) is 134 Å². The van der Waals surface area contributed by atoms with E-state index in [0.717, 1.165) is 32.1 Å². The Morgan fingerprint density at radius 2 is 1.03 bits per heavy atom. The van der Waals surface area contributed by atoms with E-state index in [2.05, 4.69) is 19.1 Å². The van der Waals surface area contributed by atoms with Gasteiger partial charge in [0.05, 0.1) is 21.1 Å². The average molecular weight is 491 g/mol. The summed E-state index contributed by atoms with van der Waals surface area (Å²) in [6.45, 7) is 2.33. The summed E-state index contributed by atoms with van der Waals surface area (Å²) in [6.07, 6.45) is 27.3. The molecule has 0 aliphatic rings. The Labute approximate surface area is 205 Å². The fourth-order valence-corrected chi connectivity index (χ4v) is 5.50. The van der Waals surface area contributed by atoms with Crippen LogP contribution in [-0.4, -0.2) is 52.4 Å². The molecule has 33 heavy (non-hydrogen) atoms. The first-order valence-electron chi connectivity index (χ1n) is 13.8. The molecule has 6 heteroatoms. The summed E-state index contributed by atoms with van der Waals surface area (Å²) in [5.41, 5.74) is 0. The molecular weight excluding hydrogens is 433 g/mol. The zero-order chi connectivity index (χ0) is 25.1. The molecule has 3 N–H and O–H groups in total. The summed E-state index contributed by atoms with van der Waals surface area (Å²) in [5.74, 6) is 0. The molecule has 0 amide bonds. The lowest BCUT2D eigenvalue weighted by atomic mass is 10.0. The maximum atomic E-state index is 11.8. The van der Waals surface area contributed by atoms with Crippen molar-refractivity contribution in [2.75, 3.05) is 27.7 Å². The maximum absolute atomic E-state index is 11.8. The van der Waals surface area contributed by atoms with E-state index in [9.17, 15) is 19.5 Å². The highest BCUT2D eigenvalue weighted by Crippen LogP contribution is 2.52. The van der Waals surface area contributed by atoms with E-state index in [1.54, 1.807) is 0 Å². The molecule has 0 aromatic heterocycles. The lowest BCUT2D eigenvalue weighted by molar-refractivity contribution is -0.875. The van der Waals surface area contributed by atoms with Crippen LogP contribution in [0.3, 0.4) is 0 Å². The van der Waals surface area contributed by atoms with Crippen LogP contribution in [0.25, 0.3) is 0 Å². The summed E-state index contributed by atoms with van der Waals surface area (Å²) in [5, 5.41) is 8.63. The Morgan fingerprint density at radius 1 is 0.667 bits per heavy atom. The van der Waals surface area contributed by atoms with E-state index in [4.69, 9.17) is 0 Å². The van der Waals surface area contributed by atoms with Crippen molar-refractivity contribution in [2.24, 2.45) is 0 Å². The normalized spacial score (nSPS) is 14.8. The Kier molecular flexibility index (Phi) is 18.9. The fourth-order valence-electron chi connectivity index (χ4n) is 4.44. The number of likely N-dealkylation sites (N-methyl/N-ethyl adjacent to an activating group) is 1. The van der Waals surface area contributed by atoms with Crippen LogP contribution in [0.1, 0.15) is 129 Å². The molecular formula is C27H57NO4P+. The second-order valence-electron chi connectivity index (χ2n) is 11.1.